The summed E-state index contributed by atoms with van der Waals surface area (Å²) < 4.78 is 0. The molecule has 0 aliphatic rings. The minimum Gasteiger partial charge on any atom is -0.386 e. The van der Waals surface area contributed by atoms with Gasteiger partial charge in [-0.3, -0.25) is 0 Å². The van der Waals surface area contributed by atoms with Gasteiger partial charge in [0.1, 0.15) is 0 Å². The molecule has 0 heterocycles. The molecule has 0 saturated heterocycles. The van der Waals surface area contributed by atoms with Crippen LogP contribution in [0.3, 0.4) is 0 Å². The first-order chi connectivity index (χ1) is 4.66. The third-order valence-corrected chi connectivity index (χ3v) is 1.19. The van der Waals surface area contributed by atoms with Gasteiger partial charge in [0.15, 0.2) is 0 Å². The van der Waals surface area contributed by atoms with Gasteiger partial charge in [-0.1, -0.05) is 0 Å². The van der Waals surface area contributed by atoms with Gasteiger partial charge in [0.25, 0.3) is 0 Å². The average molecular weight is 144 g/mol. The van der Waals surface area contributed by atoms with E-state index in [1.807, 2.05) is 0 Å². The number of nitrogens with two attached hydrogens (primary N) is 4. The van der Waals surface area contributed by atoms with Crippen LogP contribution in [-0.4, -0.2) is 12.6 Å². The Morgan fingerprint density at radius 3 is 2.40 bits per heavy atom. The third-order valence-electron chi connectivity index (χ3n) is 1.19. The molecule has 0 radical (unpaired) electrons. The Hall–Kier alpha value is -0.740. The first-order valence-corrected chi connectivity index (χ1v) is 3.33. The Bertz CT molecular complexity index is 106. The lowest BCUT2D eigenvalue weighted by molar-refractivity contribution is 0.628. The second kappa shape index (κ2) is 5.08. The van der Waals surface area contributed by atoms with Gasteiger partial charge >= 0.3 is 0 Å². The highest BCUT2D eigenvalue weighted by Crippen LogP contribution is 1.93. The van der Waals surface area contributed by atoms with E-state index in [1.54, 1.807) is 6.08 Å². The summed E-state index contributed by atoms with van der Waals surface area (Å²) in [5, 5.41) is 0. The van der Waals surface area contributed by atoms with Crippen molar-refractivity contribution in [2.24, 2.45) is 22.9 Å². The van der Waals surface area contributed by atoms with E-state index in [0.29, 0.717) is 18.8 Å². The summed E-state index contributed by atoms with van der Waals surface area (Å²) >= 11 is 0. The molecule has 8 N–H and O–H groups in total. The van der Waals surface area contributed by atoms with Crippen molar-refractivity contribution in [2.45, 2.75) is 18.9 Å². The molecule has 60 valence electrons. The summed E-state index contributed by atoms with van der Waals surface area (Å²) in [7, 11) is 0. The summed E-state index contributed by atoms with van der Waals surface area (Å²) in [4.78, 5) is 0. The monoisotopic (exact) mass is 144 g/mol. The minimum atomic E-state index is 0.0899. The van der Waals surface area contributed by atoms with E-state index in [4.69, 9.17) is 22.9 Å². The van der Waals surface area contributed by atoms with Crippen molar-refractivity contribution in [3.63, 3.8) is 0 Å². The van der Waals surface area contributed by atoms with Crippen molar-refractivity contribution in [2.75, 3.05) is 6.54 Å². The van der Waals surface area contributed by atoms with Crippen LogP contribution >= 0.6 is 0 Å². The summed E-state index contributed by atoms with van der Waals surface area (Å²) in [6.45, 7) is 0.611. The third kappa shape index (κ3) is 5.40. The first kappa shape index (κ1) is 9.26. The molecule has 0 rings (SSSR count). The summed E-state index contributed by atoms with van der Waals surface area (Å²) in [6, 6.07) is 0.0899. The van der Waals surface area contributed by atoms with Gasteiger partial charge in [-0.05, 0) is 25.5 Å². The fourth-order valence-electron chi connectivity index (χ4n) is 0.619. The quantitative estimate of drug-likeness (QED) is 0.398. The van der Waals surface area contributed by atoms with Gasteiger partial charge < -0.3 is 22.9 Å². The molecule has 0 fully saturated rings. The lowest BCUT2D eigenvalue weighted by Crippen LogP contribution is -2.23. The molecule has 0 aromatic rings. The topological polar surface area (TPSA) is 104 Å². The zero-order valence-corrected chi connectivity index (χ0v) is 6.09. The van der Waals surface area contributed by atoms with Crippen LogP contribution in [0, 0.1) is 0 Å². The molecule has 1 atom stereocenters. The Kier molecular flexibility index (Phi) is 4.70. The molecule has 0 amide bonds. The predicted octanol–water partition coefficient (Wildman–Crippen LogP) is -1.19. The molecule has 10 heavy (non-hydrogen) atoms. The van der Waals surface area contributed by atoms with Crippen molar-refractivity contribution in [3.05, 3.63) is 11.9 Å². The van der Waals surface area contributed by atoms with Gasteiger partial charge in [0.05, 0.1) is 5.82 Å². The zero-order chi connectivity index (χ0) is 7.98. The molecule has 0 spiro atoms. The Balaban J connectivity index is 3.38. The van der Waals surface area contributed by atoms with Crippen LogP contribution in [0.15, 0.2) is 11.9 Å². The fourth-order valence-corrected chi connectivity index (χ4v) is 0.619. The van der Waals surface area contributed by atoms with Crippen LogP contribution in [-0.2, 0) is 0 Å². The molecule has 0 bridgehead atoms. The molecule has 0 aliphatic heterocycles. The summed E-state index contributed by atoms with van der Waals surface area (Å²) in [5.41, 5.74) is 21.2. The maximum atomic E-state index is 5.60. The van der Waals surface area contributed by atoms with Crippen LogP contribution in [0.4, 0.5) is 0 Å². The summed E-state index contributed by atoms with van der Waals surface area (Å²) in [6.07, 6.45) is 3.23. The van der Waals surface area contributed by atoms with E-state index in [-0.39, 0.29) is 6.04 Å². The van der Waals surface area contributed by atoms with Crippen LogP contribution in [0.2, 0.25) is 0 Å². The van der Waals surface area contributed by atoms with Crippen LogP contribution < -0.4 is 22.9 Å². The van der Waals surface area contributed by atoms with Crippen LogP contribution in [0.1, 0.15) is 12.8 Å². The Labute approximate surface area is 61.2 Å². The standard InChI is InChI=1S/C6H16N4/c7-4-3-5(8)1-2-6(9)10/h2,5H,1,3-4,7-10H2. The normalized spacial score (nSPS) is 12.6. The van der Waals surface area contributed by atoms with Crippen LogP contribution in [0.5, 0.6) is 0 Å². The molecule has 0 aromatic heterocycles. The molecule has 1 unspecified atom stereocenters. The Morgan fingerprint density at radius 2 is 2.00 bits per heavy atom. The van der Waals surface area contributed by atoms with Crippen molar-refractivity contribution < 1.29 is 0 Å². The highest BCUT2D eigenvalue weighted by atomic mass is 14.8. The predicted molar refractivity (Wildman–Crippen MR) is 42.7 cm³/mol. The number of rotatable bonds is 4. The van der Waals surface area contributed by atoms with Gasteiger partial charge in [-0.2, -0.15) is 0 Å². The maximum Gasteiger partial charge on any atom is 0.0892 e. The molecular formula is C6H16N4. The molecule has 4 heteroatoms. The van der Waals surface area contributed by atoms with E-state index in [1.165, 1.54) is 0 Å². The van der Waals surface area contributed by atoms with E-state index < -0.39 is 0 Å². The Morgan fingerprint density at radius 1 is 1.40 bits per heavy atom. The molecule has 0 aromatic carbocycles. The molecule has 4 nitrogen and oxygen atoms in total. The SMILES string of the molecule is NCCC(N)CC=C(N)N. The van der Waals surface area contributed by atoms with Gasteiger partial charge in [0, 0.05) is 6.04 Å². The fraction of sp³-hybridized carbons (Fsp3) is 0.667. The molecule has 0 saturated carbocycles. The number of hydrogen-bond acceptors (Lipinski definition) is 4. The lowest BCUT2D eigenvalue weighted by atomic mass is 10.1. The average Bonchev–Trinajstić information content (AvgIpc) is 1.85. The maximum absolute atomic E-state index is 5.60. The highest BCUT2D eigenvalue weighted by molar-refractivity contribution is 4.91. The van der Waals surface area contributed by atoms with Gasteiger partial charge in [-0.15, -0.1) is 0 Å². The first-order valence-electron chi connectivity index (χ1n) is 3.33. The van der Waals surface area contributed by atoms with Crippen molar-refractivity contribution in [3.8, 4) is 0 Å². The van der Waals surface area contributed by atoms with E-state index >= 15 is 0 Å². The highest BCUT2D eigenvalue weighted by Gasteiger charge is 1.96. The zero-order valence-electron chi connectivity index (χ0n) is 6.09. The molecular weight excluding hydrogens is 128 g/mol. The van der Waals surface area contributed by atoms with Crippen LogP contribution in [0.25, 0.3) is 0 Å². The summed E-state index contributed by atoms with van der Waals surface area (Å²) in [5.74, 6) is 0.326. The second-order valence-corrected chi connectivity index (χ2v) is 2.28. The van der Waals surface area contributed by atoms with Gasteiger partial charge in [0.2, 0.25) is 0 Å². The second-order valence-electron chi connectivity index (χ2n) is 2.28. The van der Waals surface area contributed by atoms with Crippen molar-refractivity contribution in [1.82, 2.24) is 0 Å². The van der Waals surface area contributed by atoms with Crippen molar-refractivity contribution >= 4 is 0 Å². The van der Waals surface area contributed by atoms with E-state index in [9.17, 15) is 0 Å². The van der Waals surface area contributed by atoms with Gasteiger partial charge in [-0.25, -0.2) is 0 Å². The van der Waals surface area contributed by atoms with E-state index in [0.717, 1.165) is 6.42 Å². The number of hydrogen-bond donors (Lipinski definition) is 4. The largest absolute Gasteiger partial charge is 0.386 e. The van der Waals surface area contributed by atoms with Crippen molar-refractivity contribution in [1.29, 1.82) is 0 Å². The smallest absolute Gasteiger partial charge is 0.0892 e. The van der Waals surface area contributed by atoms with E-state index in [2.05, 4.69) is 0 Å². The minimum absolute atomic E-state index is 0.0899. The lowest BCUT2D eigenvalue weighted by Gasteiger charge is -2.05. The molecule has 0 aliphatic carbocycles.